The Morgan fingerprint density at radius 3 is 1.94 bits per heavy atom. The summed E-state index contributed by atoms with van der Waals surface area (Å²) >= 11 is 24.1. The molecule has 4 aromatic rings. The quantitative estimate of drug-likeness (QED) is 0.327. The molecule has 0 aliphatic heterocycles. The number of benzene rings is 2. The molecule has 2 aromatic heterocycles. The van der Waals surface area contributed by atoms with Gasteiger partial charge in [-0.05, 0) is 36.0 Å². The highest BCUT2D eigenvalue weighted by molar-refractivity contribution is 7.80. The van der Waals surface area contributed by atoms with Crippen LogP contribution in [-0.2, 0) is 13.1 Å². The fourth-order valence-electron chi connectivity index (χ4n) is 2.97. The Hall–Kier alpha value is -2.58. The predicted molar refractivity (Wildman–Crippen MR) is 130 cm³/mol. The van der Waals surface area contributed by atoms with E-state index in [1.807, 2.05) is 42.7 Å². The lowest BCUT2D eigenvalue weighted by molar-refractivity contribution is 0.687. The molecule has 0 aliphatic rings. The second-order valence-corrected chi connectivity index (χ2v) is 8.35. The number of nitrogens with zero attached hydrogens (tertiary/aromatic N) is 4. The topological polar surface area (TPSA) is 59.7 Å². The summed E-state index contributed by atoms with van der Waals surface area (Å²) in [4.78, 5) is 0. The summed E-state index contributed by atoms with van der Waals surface area (Å²) in [7, 11) is 0. The summed E-state index contributed by atoms with van der Waals surface area (Å²) in [6.45, 7) is 1.02. The van der Waals surface area contributed by atoms with Gasteiger partial charge in [-0.1, -0.05) is 59.1 Å². The molecule has 2 N–H and O–H groups in total. The Morgan fingerprint density at radius 1 is 0.774 bits per heavy atom. The van der Waals surface area contributed by atoms with Gasteiger partial charge in [-0.2, -0.15) is 10.2 Å². The molecule has 0 radical (unpaired) electrons. The van der Waals surface area contributed by atoms with Crippen molar-refractivity contribution < 1.29 is 0 Å². The van der Waals surface area contributed by atoms with Crippen LogP contribution in [0.3, 0.4) is 0 Å². The predicted octanol–water partition coefficient (Wildman–Crippen LogP) is 5.95. The van der Waals surface area contributed by atoms with E-state index in [-0.39, 0.29) is 0 Å². The fraction of sp³-hybridized carbons (Fsp3) is 0.0952. The summed E-state index contributed by atoms with van der Waals surface area (Å²) in [6.07, 6.45) is 7.07. The minimum absolute atomic E-state index is 0.424. The SMILES string of the molecule is S=C(Nc1cnn(Cc2ccccc2Cl)c1)Nc1cnn(Cc2c(Cl)cccc2Cl)c1. The number of hydrogen-bond donors (Lipinski definition) is 2. The van der Waals surface area contributed by atoms with Gasteiger partial charge in [-0.25, -0.2) is 0 Å². The third kappa shape index (κ3) is 5.57. The zero-order chi connectivity index (χ0) is 21.8. The molecule has 0 amide bonds. The number of thiocarbonyl (C=S) groups is 1. The van der Waals surface area contributed by atoms with Crippen LogP contribution in [0.1, 0.15) is 11.1 Å². The molecular formula is C21H17Cl3N6S. The van der Waals surface area contributed by atoms with Gasteiger partial charge in [-0.3, -0.25) is 9.36 Å². The van der Waals surface area contributed by atoms with Crippen LogP contribution < -0.4 is 10.6 Å². The van der Waals surface area contributed by atoms with Gasteiger partial charge in [0.1, 0.15) is 0 Å². The lowest BCUT2D eigenvalue weighted by atomic mass is 10.2. The second-order valence-electron chi connectivity index (χ2n) is 6.72. The summed E-state index contributed by atoms with van der Waals surface area (Å²) < 4.78 is 3.53. The maximum Gasteiger partial charge on any atom is 0.175 e. The summed E-state index contributed by atoms with van der Waals surface area (Å²) in [5.74, 6) is 0. The molecule has 0 spiro atoms. The van der Waals surface area contributed by atoms with Gasteiger partial charge in [0.25, 0.3) is 0 Å². The lowest BCUT2D eigenvalue weighted by Crippen LogP contribution is -2.18. The van der Waals surface area contributed by atoms with Gasteiger partial charge in [0.2, 0.25) is 0 Å². The van der Waals surface area contributed by atoms with Crippen molar-refractivity contribution in [1.29, 1.82) is 0 Å². The highest BCUT2D eigenvalue weighted by atomic mass is 35.5. The van der Waals surface area contributed by atoms with Crippen molar-refractivity contribution in [2.45, 2.75) is 13.1 Å². The van der Waals surface area contributed by atoms with Gasteiger partial charge < -0.3 is 10.6 Å². The van der Waals surface area contributed by atoms with E-state index in [0.29, 0.717) is 33.3 Å². The third-order valence-electron chi connectivity index (χ3n) is 4.45. The molecule has 158 valence electrons. The van der Waals surface area contributed by atoms with Crippen LogP contribution in [0.15, 0.2) is 67.3 Å². The van der Waals surface area contributed by atoms with Gasteiger partial charge in [0.15, 0.2) is 5.11 Å². The number of nitrogens with one attached hydrogen (secondary N) is 2. The monoisotopic (exact) mass is 490 g/mol. The average Bonchev–Trinajstić information content (AvgIpc) is 3.36. The zero-order valence-electron chi connectivity index (χ0n) is 16.1. The minimum Gasteiger partial charge on any atom is -0.330 e. The molecule has 0 bridgehead atoms. The molecule has 2 heterocycles. The Labute approximate surface area is 199 Å². The van der Waals surface area contributed by atoms with Gasteiger partial charge in [0.05, 0.1) is 36.9 Å². The molecule has 0 saturated carbocycles. The van der Waals surface area contributed by atoms with Gasteiger partial charge in [-0.15, -0.1) is 0 Å². The van der Waals surface area contributed by atoms with Crippen LogP contribution in [0.5, 0.6) is 0 Å². The van der Waals surface area contributed by atoms with Gasteiger partial charge >= 0.3 is 0 Å². The number of halogens is 3. The number of rotatable bonds is 6. The third-order valence-corrected chi connectivity index (χ3v) is 5.74. The van der Waals surface area contributed by atoms with E-state index in [2.05, 4.69) is 20.8 Å². The fourth-order valence-corrected chi connectivity index (χ4v) is 3.92. The van der Waals surface area contributed by atoms with Crippen molar-refractivity contribution in [1.82, 2.24) is 19.6 Å². The largest absolute Gasteiger partial charge is 0.330 e. The first-order chi connectivity index (χ1) is 15.0. The average molecular weight is 492 g/mol. The van der Waals surface area contributed by atoms with Crippen molar-refractivity contribution >= 4 is 63.5 Å². The highest BCUT2D eigenvalue weighted by Crippen LogP contribution is 2.25. The van der Waals surface area contributed by atoms with E-state index in [9.17, 15) is 0 Å². The molecule has 6 nitrogen and oxygen atoms in total. The van der Waals surface area contributed by atoms with E-state index in [1.165, 1.54) is 0 Å². The molecular weight excluding hydrogens is 475 g/mol. The second kappa shape index (κ2) is 9.70. The van der Waals surface area contributed by atoms with Crippen LogP contribution in [0, 0.1) is 0 Å². The molecule has 0 unspecified atom stereocenters. The van der Waals surface area contributed by atoms with Crippen molar-refractivity contribution in [3.05, 3.63) is 93.4 Å². The van der Waals surface area contributed by atoms with Crippen molar-refractivity contribution in [3.8, 4) is 0 Å². The van der Waals surface area contributed by atoms with Crippen LogP contribution in [-0.4, -0.2) is 24.7 Å². The Kier molecular flexibility index (Phi) is 6.77. The van der Waals surface area contributed by atoms with Crippen LogP contribution in [0.4, 0.5) is 11.4 Å². The number of anilines is 2. The molecule has 31 heavy (non-hydrogen) atoms. The normalized spacial score (nSPS) is 10.8. The standard InChI is InChI=1S/C21H17Cl3N6S/c22-18-5-2-1-4-14(18)10-29-11-15(8-25-29)27-21(31)28-16-9-26-30(12-16)13-17-19(23)6-3-7-20(17)24/h1-9,11-12H,10,13H2,(H2,27,28,31). The highest BCUT2D eigenvalue weighted by Gasteiger charge is 2.09. The summed E-state index contributed by atoms with van der Waals surface area (Å²) in [6, 6.07) is 13.1. The molecule has 10 heteroatoms. The molecule has 0 fully saturated rings. The molecule has 0 saturated heterocycles. The molecule has 0 atom stereocenters. The van der Waals surface area contributed by atoms with E-state index >= 15 is 0 Å². The van der Waals surface area contributed by atoms with Crippen LogP contribution >= 0.6 is 47.0 Å². The first-order valence-corrected chi connectivity index (χ1v) is 10.8. The maximum atomic E-state index is 6.24. The van der Waals surface area contributed by atoms with E-state index in [4.69, 9.17) is 47.0 Å². The molecule has 0 aliphatic carbocycles. The van der Waals surface area contributed by atoms with E-state index < -0.39 is 0 Å². The van der Waals surface area contributed by atoms with Crippen molar-refractivity contribution in [3.63, 3.8) is 0 Å². The summed E-state index contributed by atoms with van der Waals surface area (Å²) in [5.41, 5.74) is 3.31. The van der Waals surface area contributed by atoms with Gasteiger partial charge in [0, 0.05) is 33.0 Å². The van der Waals surface area contributed by atoms with E-state index in [1.54, 1.807) is 33.9 Å². The Morgan fingerprint density at radius 2 is 1.32 bits per heavy atom. The van der Waals surface area contributed by atoms with Crippen LogP contribution in [0.25, 0.3) is 0 Å². The first kappa shape index (κ1) is 21.6. The van der Waals surface area contributed by atoms with Crippen LogP contribution in [0.2, 0.25) is 15.1 Å². The summed E-state index contributed by atoms with van der Waals surface area (Å²) in [5, 5.41) is 17.2. The Bertz CT molecular complexity index is 1200. The van der Waals surface area contributed by atoms with E-state index in [0.717, 1.165) is 22.5 Å². The molecule has 2 aromatic carbocycles. The Balaban J connectivity index is 1.35. The van der Waals surface area contributed by atoms with Crippen molar-refractivity contribution in [2.24, 2.45) is 0 Å². The van der Waals surface area contributed by atoms with Crippen molar-refractivity contribution in [2.75, 3.05) is 10.6 Å². The zero-order valence-corrected chi connectivity index (χ0v) is 19.2. The smallest absolute Gasteiger partial charge is 0.175 e. The maximum absolute atomic E-state index is 6.24. The minimum atomic E-state index is 0.424. The first-order valence-electron chi connectivity index (χ1n) is 9.27. The molecule has 4 rings (SSSR count). The number of aromatic nitrogens is 4. The lowest BCUT2D eigenvalue weighted by Gasteiger charge is -2.08. The number of hydrogen-bond acceptors (Lipinski definition) is 3.